The summed E-state index contributed by atoms with van der Waals surface area (Å²) in [5.74, 6) is 0.138. The van der Waals surface area contributed by atoms with Gasteiger partial charge in [0.05, 0.1) is 11.3 Å². The summed E-state index contributed by atoms with van der Waals surface area (Å²) in [7, 11) is 0. The van der Waals surface area contributed by atoms with Gasteiger partial charge in [0.1, 0.15) is 0 Å². The van der Waals surface area contributed by atoms with Gasteiger partial charge in [-0.25, -0.2) is 0 Å². The number of thioether (sulfide) groups is 1. The number of nitrogen functional groups attached to an aromatic ring is 1. The van der Waals surface area contributed by atoms with Crippen LogP contribution in [0.4, 0.5) is 19.1 Å². The highest BCUT2D eigenvalue weighted by Gasteiger charge is 2.30. The van der Waals surface area contributed by atoms with Crippen molar-refractivity contribution in [1.29, 1.82) is 0 Å². The molecule has 0 aliphatic heterocycles. The largest absolute Gasteiger partial charge is 0.416 e. The van der Waals surface area contributed by atoms with E-state index in [1.165, 1.54) is 28.6 Å². The Morgan fingerprint density at radius 2 is 1.83 bits per heavy atom. The number of alkyl halides is 3. The number of hydrogen-bond acceptors (Lipinski definition) is 4. The smallest absolute Gasteiger partial charge is 0.368 e. The number of rotatable bonds is 2. The fourth-order valence-corrected chi connectivity index (χ4v) is 1.72. The molecule has 1 heterocycles. The molecule has 0 radical (unpaired) electrons. The van der Waals surface area contributed by atoms with Crippen LogP contribution in [0.15, 0.2) is 29.4 Å². The summed E-state index contributed by atoms with van der Waals surface area (Å²) < 4.78 is 38.5. The van der Waals surface area contributed by atoms with Crippen molar-refractivity contribution in [3.05, 3.63) is 29.8 Å². The second-order valence-corrected chi connectivity index (χ2v) is 4.19. The van der Waals surface area contributed by atoms with E-state index in [-0.39, 0.29) is 5.95 Å². The maximum Gasteiger partial charge on any atom is 0.416 e. The SMILES string of the molecule is CSc1nc(N)n(-c2ccc(C(F)(F)F)cc2)n1. The van der Waals surface area contributed by atoms with Crippen LogP contribution in [0.2, 0.25) is 0 Å². The van der Waals surface area contributed by atoms with E-state index in [0.717, 1.165) is 12.1 Å². The molecular weight excluding hydrogens is 265 g/mol. The molecule has 2 aromatic rings. The summed E-state index contributed by atoms with van der Waals surface area (Å²) in [6.45, 7) is 0. The van der Waals surface area contributed by atoms with Crippen molar-refractivity contribution in [1.82, 2.24) is 14.8 Å². The van der Waals surface area contributed by atoms with Crippen molar-refractivity contribution in [3.8, 4) is 5.69 Å². The normalized spacial score (nSPS) is 11.8. The molecule has 0 fully saturated rings. The second kappa shape index (κ2) is 4.52. The molecule has 1 aromatic carbocycles. The third kappa shape index (κ3) is 2.42. The van der Waals surface area contributed by atoms with Gasteiger partial charge in [-0.2, -0.15) is 22.8 Å². The number of hydrogen-bond donors (Lipinski definition) is 1. The van der Waals surface area contributed by atoms with Crippen molar-refractivity contribution in [2.75, 3.05) is 12.0 Å². The zero-order valence-corrected chi connectivity index (χ0v) is 10.1. The molecule has 0 aliphatic rings. The van der Waals surface area contributed by atoms with Crippen LogP contribution < -0.4 is 5.73 Å². The summed E-state index contributed by atoms with van der Waals surface area (Å²) in [6, 6.07) is 4.57. The molecular formula is C10H9F3N4S. The molecule has 1 aromatic heterocycles. The third-order valence-corrected chi connectivity index (χ3v) is 2.77. The van der Waals surface area contributed by atoms with E-state index in [2.05, 4.69) is 10.1 Å². The molecule has 0 atom stereocenters. The fraction of sp³-hybridized carbons (Fsp3) is 0.200. The first kappa shape index (κ1) is 12.7. The Kier molecular flexibility index (Phi) is 3.20. The average Bonchev–Trinajstić information content (AvgIpc) is 2.70. The number of aromatic nitrogens is 3. The Balaban J connectivity index is 2.37. The maximum atomic E-state index is 12.4. The lowest BCUT2D eigenvalue weighted by molar-refractivity contribution is -0.137. The minimum atomic E-state index is -4.35. The minimum absolute atomic E-state index is 0.138. The molecule has 0 saturated carbocycles. The Morgan fingerprint density at radius 3 is 2.28 bits per heavy atom. The molecule has 96 valence electrons. The third-order valence-electron chi connectivity index (χ3n) is 2.23. The fourth-order valence-electron chi connectivity index (χ4n) is 1.37. The van der Waals surface area contributed by atoms with Crippen LogP contribution in [-0.4, -0.2) is 21.0 Å². The van der Waals surface area contributed by atoms with Gasteiger partial charge >= 0.3 is 6.18 Å². The van der Waals surface area contributed by atoms with E-state index >= 15 is 0 Å². The zero-order valence-electron chi connectivity index (χ0n) is 9.27. The van der Waals surface area contributed by atoms with Crippen LogP contribution in [0.25, 0.3) is 5.69 Å². The molecule has 8 heteroatoms. The highest BCUT2D eigenvalue weighted by atomic mass is 32.2. The molecule has 0 saturated heterocycles. The second-order valence-electron chi connectivity index (χ2n) is 3.41. The summed E-state index contributed by atoms with van der Waals surface area (Å²) in [5.41, 5.74) is 5.35. The molecule has 0 aliphatic carbocycles. The maximum absolute atomic E-state index is 12.4. The van der Waals surface area contributed by atoms with Crippen LogP contribution in [0.5, 0.6) is 0 Å². The standard InChI is InChI=1S/C10H9F3N4S/c1-18-9-15-8(14)17(16-9)7-4-2-6(3-5-7)10(11,12)13/h2-5H,1H3,(H2,14,15,16). The average molecular weight is 274 g/mol. The van der Waals surface area contributed by atoms with Crippen LogP contribution in [0.3, 0.4) is 0 Å². The lowest BCUT2D eigenvalue weighted by Gasteiger charge is -2.07. The molecule has 2 N–H and O–H groups in total. The molecule has 18 heavy (non-hydrogen) atoms. The van der Waals surface area contributed by atoms with Crippen LogP contribution in [0.1, 0.15) is 5.56 Å². The number of nitrogens with zero attached hydrogens (tertiary/aromatic N) is 3. The Labute approximate surface area is 105 Å². The van der Waals surface area contributed by atoms with Crippen LogP contribution in [0, 0.1) is 0 Å². The molecule has 0 bridgehead atoms. The minimum Gasteiger partial charge on any atom is -0.368 e. The summed E-state index contributed by atoms with van der Waals surface area (Å²) in [5, 5.41) is 4.52. The predicted molar refractivity (Wildman–Crippen MR) is 62.6 cm³/mol. The highest BCUT2D eigenvalue weighted by molar-refractivity contribution is 7.98. The van der Waals surface area contributed by atoms with Gasteiger partial charge in [0.25, 0.3) is 0 Å². The van der Waals surface area contributed by atoms with Crippen molar-refractivity contribution < 1.29 is 13.2 Å². The number of benzene rings is 1. The van der Waals surface area contributed by atoms with Crippen molar-refractivity contribution >= 4 is 17.7 Å². The van der Waals surface area contributed by atoms with Gasteiger partial charge in [0, 0.05) is 0 Å². The van der Waals surface area contributed by atoms with E-state index in [0.29, 0.717) is 10.8 Å². The lowest BCUT2D eigenvalue weighted by atomic mass is 10.2. The quantitative estimate of drug-likeness (QED) is 0.855. The molecule has 2 rings (SSSR count). The van der Waals surface area contributed by atoms with Crippen molar-refractivity contribution in [2.45, 2.75) is 11.3 Å². The van der Waals surface area contributed by atoms with Gasteiger partial charge in [-0.15, -0.1) is 5.10 Å². The van der Waals surface area contributed by atoms with Gasteiger partial charge < -0.3 is 5.73 Å². The van der Waals surface area contributed by atoms with Gasteiger partial charge in [-0.05, 0) is 30.5 Å². The van der Waals surface area contributed by atoms with Crippen LogP contribution in [-0.2, 0) is 6.18 Å². The Morgan fingerprint density at radius 1 is 1.22 bits per heavy atom. The summed E-state index contributed by atoms with van der Waals surface area (Å²) in [6.07, 6.45) is -2.57. The van der Waals surface area contributed by atoms with E-state index in [1.807, 2.05) is 0 Å². The topological polar surface area (TPSA) is 56.7 Å². The zero-order chi connectivity index (χ0) is 13.3. The summed E-state index contributed by atoms with van der Waals surface area (Å²) >= 11 is 1.30. The van der Waals surface area contributed by atoms with Gasteiger partial charge in [-0.3, -0.25) is 0 Å². The summed E-state index contributed by atoms with van der Waals surface area (Å²) in [4.78, 5) is 3.95. The number of nitrogens with two attached hydrogens (primary N) is 1. The first-order chi connectivity index (χ1) is 8.41. The van der Waals surface area contributed by atoms with Gasteiger partial charge in [0.2, 0.25) is 11.1 Å². The Bertz CT molecular complexity index is 547. The van der Waals surface area contributed by atoms with Crippen LogP contribution >= 0.6 is 11.8 Å². The lowest BCUT2D eigenvalue weighted by Crippen LogP contribution is -2.06. The number of anilines is 1. The van der Waals surface area contributed by atoms with Gasteiger partial charge in [-0.1, -0.05) is 11.8 Å². The monoisotopic (exact) mass is 274 g/mol. The van der Waals surface area contributed by atoms with Crippen molar-refractivity contribution in [2.24, 2.45) is 0 Å². The molecule has 0 unspecified atom stereocenters. The Hall–Kier alpha value is -1.70. The van der Waals surface area contributed by atoms with Gasteiger partial charge in [0.15, 0.2) is 0 Å². The molecule has 4 nitrogen and oxygen atoms in total. The van der Waals surface area contributed by atoms with E-state index in [9.17, 15) is 13.2 Å². The highest BCUT2D eigenvalue weighted by Crippen LogP contribution is 2.29. The predicted octanol–water partition coefficient (Wildman–Crippen LogP) is 2.59. The first-order valence-electron chi connectivity index (χ1n) is 4.86. The molecule has 0 amide bonds. The number of halogens is 3. The first-order valence-corrected chi connectivity index (χ1v) is 6.08. The van der Waals surface area contributed by atoms with E-state index in [1.54, 1.807) is 6.26 Å². The molecule has 0 spiro atoms. The van der Waals surface area contributed by atoms with Crippen molar-refractivity contribution in [3.63, 3.8) is 0 Å². The van der Waals surface area contributed by atoms with E-state index < -0.39 is 11.7 Å². The van der Waals surface area contributed by atoms with E-state index in [4.69, 9.17) is 5.73 Å².